The fraction of sp³-hybridized carbons (Fsp3) is 0.769. The molecule has 17 heavy (non-hydrogen) atoms. The molecule has 1 aromatic rings. The second-order valence-corrected chi connectivity index (χ2v) is 5.14. The molecule has 0 spiro atoms. The molecule has 2 heterocycles. The fourth-order valence-electron chi connectivity index (χ4n) is 2.46. The number of likely N-dealkylation sites (tertiary alicyclic amines) is 1. The summed E-state index contributed by atoms with van der Waals surface area (Å²) in [6.45, 7) is 5.72. The predicted molar refractivity (Wildman–Crippen MR) is 71.3 cm³/mol. The smallest absolute Gasteiger partial charge is 0.0853 e. The van der Waals surface area contributed by atoms with Crippen molar-refractivity contribution in [3.8, 4) is 0 Å². The molecule has 0 radical (unpaired) electrons. The molecule has 1 aromatic heterocycles. The zero-order chi connectivity index (χ0) is 12.3. The first-order valence-corrected chi connectivity index (χ1v) is 6.64. The van der Waals surface area contributed by atoms with Crippen LogP contribution in [0.15, 0.2) is 6.20 Å². The third-order valence-electron chi connectivity index (χ3n) is 3.66. The molecule has 0 unspecified atom stereocenters. The molecule has 0 aromatic carbocycles. The molecular weight excluding hydrogens is 212 g/mol. The average molecular weight is 236 g/mol. The van der Waals surface area contributed by atoms with Gasteiger partial charge >= 0.3 is 0 Å². The van der Waals surface area contributed by atoms with Gasteiger partial charge in [-0.25, -0.2) is 0 Å². The van der Waals surface area contributed by atoms with Crippen LogP contribution in [0, 0.1) is 5.92 Å². The van der Waals surface area contributed by atoms with E-state index in [1.54, 1.807) is 0 Å². The maximum atomic E-state index is 4.45. The first-order valence-electron chi connectivity index (χ1n) is 6.64. The minimum Gasteiger partial charge on any atom is -0.382 e. The van der Waals surface area contributed by atoms with E-state index in [1.807, 2.05) is 11.7 Å². The van der Waals surface area contributed by atoms with Gasteiger partial charge in [0.15, 0.2) is 0 Å². The van der Waals surface area contributed by atoms with Gasteiger partial charge in [0, 0.05) is 19.8 Å². The van der Waals surface area contributed by atoms with Crippen molar-refractivity contribution in [3.05, 3.63) is 11.9 Å². The van der Waals surface area contributed by atoms with Crippen LogP contribution in [-0.4, -0.2) is 41.4 Å². The van der Waals surface area contributed by atoms with Crippen LogP contribution >= 0.6 is 0 Å². The Hall–Kier alpha value is -1.03. The van der Waals surface area contributed by atoms with E-state index in [2.05, 4.69) is 35.5 Å². The lowest BCUT2D eigenvalue weighted by Crippen LogP contribution is -2.33. The number of piperidine rings is 1. The summed E-state index contributed by atoms with van der Waals surface area (Å²) >= 11 is 0. The van der Waals surface area contributed by atoms with E-state index in [4.69, 9.17) is 0 Å². The van der Waals surface area contributed by atoms with Gasteiger partial charge in [-0.05, 0) is 45.3 Å². The molecule has 1 aliphatic heterocycles. The number of rotatable bonds is 4. The number of nitrogens with zero attached hydrogens (tertiary/aromatic N) is 3. The van der Waals surface area contributed by atoms with E-state index in [-0.39, 0.29) is 0 Å². The molecule has 0 atom stereocenters. The molecular formula is C13H24N4. The summed E-state index contributed by atoms with van der Waals surface area (Å²) in [5, 5.41) is 8.02. The lowest BCUT2D eigenvalue weighted by atomic mass is 9.97. The third kappa shape index (κ3) is 3.22. The Morgan fingerprint density at radius 1 is 1.35 bits per heavy atom. The average Bonchev–Trinajstić information content (AvgIpc) is 2.69. The predicted octanol–water partition coefficient (Wildman–Crippen LogP) is 1.74. The normalized spacial score (nSPS) is 18.5. The summed E-state index contributed by atoms with van der Waals surface area (Å²) in [6.07, 6.45) is 5.71. The van der Waals surface area contributed by atoms with Crippen molar-refractivity contribution in [3.63, 3.8) is 0 Å². The van der Waals surface area contributed by atoms with Crippen molar-refractivity contribution in [1.82, 2.24) is 14.7 Å². The quantitative estimate of drug-likeness (QED) is 0.864. The fourth-order valence-corrected chi connectivity index (χ4v) is 2.46. The van der Waals surface area contributed by atoms with Gasteiger partial charge in [0.05, 0.1) is 11.4 Å². The van der Waals surface area contributed by atoms with Crippen molar-refractivity contribution in [1.29, 1.82) is 0 Å². The van der Waals surface area contributed by atoms with Crippen molar-refractivity contribution in [2.45, 2.75) is 26.2 Å². The number of aryl methyl sites for hydroxylation is 2. The molecule has 1 fully saturated rings. The second kappa shape index (κ2) is 5.54. The molecule has 2 rings (SSSR count). The van der Waals surface area contributed by atoms with E-state index in [9.17, 15) is 0 Å². The second-order valence-electron chi connectivity index (χ2n) is 5.14. The van der Waals surface area contributed by atoms with Crippen LogP contribution in [0.25, 0.3) is 0 Å². The highest BCUT2D eigenvalue weighted by molar-refractivity contribution is 5.46. The summed E-state index contributed by atoms with van der Waals surface area (Å²) in [5.41, 5.74) is 2.40. The van der Waals surface area contributed by atoms with Crippen LogP contribution < -0.4 is 5.32 Å². The Morgan fingerprint density at radius 3 is 2.71 bits per heavy atom. The molecule has 96 valence electrons. The van der Waals surface area contributed by atoms with E-state index < -0.39 is 0 Å². The number of hydrogen-bond donors (Lipinski definition) is 1. The van der Waals surface area contributed by atoms with Gasteiger partial charge in [0.25, 0.3) is 0 Å². The van der Waals surface area contributed by atoms with Crippen LogP contribution in [0.2, 0.25) is 0 Å². The molecule has 1 saturated heterocycles. The Morgan fingerprint density at radius 2 is 2.06 bits per heavy atom. The van der Waals surface area contributed by atoms with Gasteiger partial charge in [0.1, 0.15) is 0 Å². The number of nitrogens with one attached hydrogen (secondary N) is 1. The zero-order valence-electron chi connectivity index (χ0n) is 11.2. The molecule has 1 N–H and O–H groups in total. The Kier molecular flexibility index (Phi) is 4.05. The molecule has 4 heteroatoms. The minimum absolute atomic E-state index is 0.816. The van der Waals surface area contributed by atoms with Crippen LogP contribution in [-0.2, 0) is 13.5 Å². The van der Waals surface area contributed by atoms with E-state index in [0.717, 1.165) is 18.9 Å². The maximum Gasteiger partial charge on any atom is 0.0853 e. The third-order valence-corrected chi connectivity index (χ3v) is 3.66. The summed E-state index contributed by atoms with van der Waals surface area (Å²) in [6, 6.07) is 0. The Bertz CT molecular complexity index is 350. The van der Waals surface area contributed by atoms with Crippen LogP contribution in [0.4, 0.5) is 5.69 Å². The molecule has 0 bridgehead atoms. The topological polar surface area (TPSA) is 33.1 Å². The molecule has 1 aliphatic rings. The number of anilines is 1. The standard InChI is InChI=1S/C13H24N4/c1-4-12-13(10-17(3)15-12)14-9-11-5-7-16(2)8-6-11/h10-11,14H,4-9H2,1-3H3. The molecule has 0 amide bonds. The summed E-state index contributed by atoms with van der Waals surface area (Å²) in [5.74, 6) is 0.816. The first kappa shape index (κ1) is 12.4. The van der Waals surface area contributed by atoms with E-state index in [1.165, 1.54) is 37.3 Å². The van der Waals surface area contributed by atoms with Gasteiger partial charge in [0.2, 0.25) is 0 Å². The minimum atomic E-state index is 0.816. The lowest BCUT2D eigenvalue weighted by Gasteiger charge is -2.29. The van der Waals surface area contributed by atoms with Gasteiger partial charge in [-0.1, -0.05) is 6.92 Å². The summed E-state index contributed by atoms with van der Waals surface area (Å²) in [4.78, 5) is 2.41. The lowest BCUT2D eigenvalue weighted by molar-refractivity contribution is 0.226. The van der Waals surface area contributed by atoms with Gasteiger partial charge in [-0.3, -0.25) is 4.68 Å². The maximum absolute atomic E-state index is 4.45. The Balaban J connectivity index is 1.85. The largest absolute Gasteiger partial charge is 0.382 e. The van der Waals surface area contributed by atoms with Gasteiger partial charge in [-0.2, -0.15) is 5.10 Å². The van der Waals surface area contributed by atoms with E-state index in [0.29, 0.717) is 0 Å². The Labute approximate surface area is 104 Å². The number of hydrogen-bond acceptors (Lipinski definition) is 3. The van der Waals surface area contributed by atoms with Crippen molar-refractivity contribution in [2.24, 2.45) is 13.0 Å². The number of aromatic nitrogens is 2. The van der Waals surface area contributed by atoms with Crippen molar-refractivity contribution in [2.75, 3.05) is 32.0 Å². The van der Waals surface area contributed by atoms with Crippen LogP contribution in [0.5, 0.6) is 0 Å². The molecule has 4 nitrogen and oxygen atoms in total. The summed E-state index contributed by atoms with van der Waals surface area (Å²) in [7, 11) is 4.19. The van der Waals surface area contributed by atoms with Crippen LogP contribution in [0.3, 0.4) is 0 Å². The first-order chi connectivity index (χ1) is 8.19. The SMILES string of the molecule is CCc1nn(C)cc1NCC1CCN(C)CC1. The van der Waals surface area contributed by atoms with Gasteiger partial charge < -0.3 is 10.2 Å². The zero-order valence-corrected chi connectivity index (χ0v) is 11.2. The van der Waals surface area contributed by atoms with Gasteiger partial charge in [-0.15, -0.1) is 0 Å². The summed E-state index contributed by atoms with van der Waals surface area (Å²) < 4.78 is 1.90. The van der Waals surface area contributed by atoms with Crippen molar-refractivity contribution >= 4 is 5.69 Å². The highest BCUT2D eigenvalue weighted by atomic mass is 15.3. The van der Waals surface area contributed by atoms with E-state index >= 15 is 0 Å². The molecule has 0 saturated carbocycles. The monoisotopic (exact) mass is 236 g/mol. The highest BCUT2D eigenvalue weighted by Crippen LogP contribution is 2.19. The van der Waals surface area contributed by atoms with Crippen LogP contribution in [0.1, 0.15) is 25.5 Å². The molecule has 0 aliphatic carbocycles. The van der Waals surface area contributed by atoms with Crippen molar-refractivity contribution < 1.29 is 0 Å². The highest BCUT2D eigenvalue weighted by Gasteiger charge is 2.17.